The van der Waals surface area contributed by atoms with E-state index < -0.39 is 0 Å². The first-order chi connectivity index (χ1) is 9.02. The zero-order valence-corrected chi connectivity index (χ0v) is 11.4. The standard InChI is InChI=1S/C14H18N4O/c1-4-11-9-13(18(3)16-11)14(19)17(2)12-7-5-10(15)6-8-12/h5-9H,4,15H2,1-3H3. The predicted octanol–water partition coefficient (Wildman–Crippen LogP) is 1.84. The van der Waals surface area contributed by atoms with Crippen LogP contribution in [0, 0.1) is 0 Å². The van der Waals surface area contributed by atoms with Gasteiger partial charge in [-0.05, 0) is 36.8 Å². The van der Waals surface area contributed by atoms with Crippen LogP contribution >= 0.6 is 0 Å². The van der Waals surface area contributed by atoms with Crippen LogP contribution in [-0.4, -0.2) is 22.7 Å². The fourth-order valence-electron chi connectivity index (χ4n) is 1.89. The molecule has 100 valence electrons. The van der Waals surface area contributed by atoms with Crippen LogP contribution in [0.4, 0.5) is 11.4 Å². The van der Waals surface area contributed by atoms with E-state index in [4.69, 9.17) is 5.73 Å². The molecule has 1 amide bonds. The quantitative estimate of drug-likeness (QED) is 0.854. The normalized spacial score (nSPS) is 10.5. The summed E-state index contributed by atoms with van der Waals surface area (Å²) in [7, 11) is 3.52. The number of hydrogen-bond donors (Lipinski definition) is 1. The van der Waals surface area contributed by atoms with Crippen molar-refractivity contribution in [1.29, 1.82) is 0 Å². The topological polar surface area (TPSA) is 64.2 Å². The number of nitrogen functional groups attached to an aromatic ring is 1. The Balaban J connectivity index is 2.27. The third-order valence-electron chi connectivity index (χ3n) is 3.10. The van der Waals surface area contributed by atoms with Crippen LogP contribution in [0.5, 0.6) is 0 Å². The van der Waals surface area contributed by atoms with Gasteiger partial charge in [0.05, 0.1) is 5.69 Å². The first kappa shape index (κ1) is 13.1. The third kappa shape index (κ3) is 2.59. The van der Waals surface area contributed by atoms with E-state index in [9.17, 15) is 4.79 Å². The Morgan fingerprint density at radius 3 is 2.53 bits per heavy atom. The molecular weight excluding hydrogens is 240 g/mol. The van der Waals surface area contributed by atoms with Gasteiger partial charge in [-0.1, -0.05) is 6.92 Å². The molecule has 2 rings (SSSR count). The van der Waals surface area contributed by atoms with E-state index in [0.29, 0.717) is 11.4 Å². The van der Waals surface area contributed by atoms with Crippen molar-refractivity contribution in [3.05, 3.63) is 41.7 Å². The molecule has 2 N–H and O–H groups in total. The summed E-state index contributed by atoms with van der Waals surface area (Å²) < 4.78 is 1.62. The van der Waals surface area contributed by atoms with Gasteiger partial charge in [-0.25, -0.2) is 0 Å². The zero-order valence-electron chi connectivity index (χ0n) is 11.4. The summed E-state index contributed by atoms with van der Waals surface area (Å²) in [4.78, 5) is 14.0. The van der Waals surface area contributed by atoms with Gasteiger partial charge in [-0.2, -0.15) is 5.10 Å². The molecule has 0 saturated heterocycles. The Kier molecular flexibility index (Phi) is 3.55. The summed E-state index contributed by atoms with van der Waals surface area (Å²) >= 11 is 0. The Labute approximate surface area is 112 Å². The molecule has 0 unspecified atom stereocenters. The Morgan fingerprint density at radius 2 is 2.00 bits per heavy atom. The Morgan fingerprint density at radius 1 is 1.37 bits per heavy atom. The molecule has 0 radical (unpaired) electrons. The summed E-state index contributed by atoms with van der Waals surface area (Å²) in [5.74, 6) is -0.0838. The van der Waals surface area contributed by atoms with Crippen molar-refractivity contribution in [2.75, 3.05) is 17.7 Å². The molecule has 0 saturated carbocycles. The first-order valence-corrected chi connectivity index (χ1v) is 6.19. The van der Waals surface area contributed by atoms with Gasteiger partial charge in [0.15, 0.2) is 0 Å². The monoisotopic (exact) mass is 258 g/mol. The second-order valence-corrected chi connectivity index (χ2v) is 4.45. The van der Waals surface area contributed by atoms with Crippen molar-refractivity contribution in [3.8, 4) is 0 Å². The number of nitrogens with two attached hydrogens (primary N) is 1. The Hall–Kier alpha value is -2.30. The summed E-state index contributed by atoms with van der Waals surface area (Å²) in [6, 6.07) is 9.03. The number of rotatable bonds is 3. The van der Waals surface area contributed by atoms with Gasteiger partial charge in [-0.15, -0.1) is 0 Å². The molecule has 0 spiro atoms. The molecule has 1 aromatic carbocycles. The van der Waals surface area contributed by atoms with Crippen molar-refractivity contribution < 1.29 is 4.79 Å². The van der Waals surface area contributed by atoms with Crippen LogP contribution in [0.1, 0.15) is 23.1 Å². The second-order valence-electron chi connectivity index (χ2n) is 4.45. The van der Waals surface area contributed by atoms with Crippen molar-refractivity contribution >= 4 is 17.3 Å². The lowest BCUT2D eigenvalue weighted by Crippen LogP contribution is -2.28. The van der Waals surface area contributed by atoms with Crippen LogP contribution in [0.2, 0.25) is 0 Å². The highest BCUT2D eigenvalue weighted by Crippen LogP contribution is 2.17. The number of benzene rings is 1. The van der Waals surface area contributed by atoms with Gasteiger partial charge in [0.1, 0.15) is 5.69 Å². The number of carbonyl (C=O) groups is 1. The summed E-state index contributed by atoms with van der Waals surface area (Å²) in [5, 5.41) is 4.29. The maximum atomic E-state index is 12.4. The number of amides is 1. The van der Waals surface area contributed by atoms with Gasteiger partial charge in [0.25, 0.3) is 5.91 Å². The maximum Gasteiger partial charge on any atom is 0.276 e. The molecule has 0 aliphatic carbocycles. The van der Waals surface area contributed by atoms with Gasteiger partial charge in [-0.3, -0.25) is 9.48 Å². The number of nitrogens with zero attached hydrogens (tertiary/aromatic N) is 3. The molecular formula is C14H18N4O. The molecule has 1 aromatic heterocycles. The van der Waals surface area contributed by atoms with Crippen LogP contribution < -0.4 is 10.6 Å². The van der Waals surface area contributed by atoms with E-state index in [1.165, 1.54) is 0 Å². The molecule has 2 aromatic rings. The van der Waals surface area contributed by atoms with Crippen molar-refractivity contribution in [2.24, 2.45) is 7.05 Å². The van der Waals surface area contributed by atoms with E-state index in [2.05, 4.69) is 5.10 Å². The zero-order chi connectivity index (χ0) is 14.0. The van der Waals surface area contributed by atoms with E-state index in [1.807, 2.05) is 25.1 Å². The highest BCUT2D eigenvalue weighted by Gasteiger charge is 2.18. The number of carbonyl (C=O) groups excluding carboxylic acids is 1. The average molecular weight is 258 g/mol. The molecule has 1 heterocycles. The minimum absolute atomic E-state index is 0.0838. The second kappa shape index (κ2) is 5.14. The highest BCUT2D eigenvalue weighted by molar-refractivity contribution is 6.04. The molecule has 0 aliphatic rings. The number of anilines is 2. The summed E-state index contributed by atoms with van der Waals surface area (Å²) in [6.07, 6.45) is 0.812. The van der Waals surface area contributed by atoms with Gasteiger partial charge >= 0.3 is 0 Å². The minimum atomic E-state index is -0.0838. The fraction of sp³-hybridized carbons (Fsp3) is 0.286. The fourth-order valence-corrected chi connectivity index (χ4v) is 1.89. The molecule has 19 heavy (non-hydrogen) atoms. The first-order valence-electron chi connectivity index (χ1n) is 6.19. The number of aryl methyl sites for hydroxylation is 2. The SMILES string of the molecule is CCc1cc(C(=O)N(C)c2ccc(N)cc2)n(C)n1. The van der Waals surface area contributed by atoms with Crippen LogP contribution in [0.25, 0.3) is 0 Å². The van der Waals surface area contributed by atoms with Crippen molar-refractivity contribution in [1.82, 2.24) is 9.78 Å². The van der Waals surface area contributed by atoms with Crippen LogP contribution in [-0.2, 0) is 13.5 Å². The highest BCUT2D eigenvalue weighted by atomic mass is 16.2. The maximum absolute atomic E-state index is 12.4. The minimum Gasteiger partial charge on any atom is -0.399 e. The van der Waals surface area contributed by atoms with E-state index in [-0.39, 0.29) is 5.91 Å². The van der Waals surface area contributed by atoms with Crippen LogP contribution in [0.15, 0.2) is 30.3 Å². The number of hydrogen-bond acceptors (Lipinski definition) is 3. The van der Waals surface area contributed by atoms with Gasteiger partial charge in [0.2, 0.25) is 0 Å². The van der Waals surface area contributed by atoms with Crippen molar-refractivity contribution in [3.63, 3.8) is 0 Å². The van der Waals surface area contributed by atoms with Gasteiger partial charge < -0.3 is 10.6 Å². The summed E-state index contributed by atoms with van der Waals surface area (Å²) in [5.41, 5.74) is 8.62. The average Bonchev–Trinajstić information content (AvgIpc) is 2.79. The van der Waals surface area contributed by atoms with Gasteiger partial charge in [0, 0.05) is 25.5 Å². The van der Waals surface area contributed by atoms with Crippen molar-refractivity contribution in [2.45, 2.75) is 13.3 Å². The lowest BCUT2D eigenvalue weighted by molar-refractivity contribution is 0.0984. The number of aromatic nitrogens is 2. The summed E-state index contributed by atoms with van der Waals surface area (Å²) in [6.45, 7) is 2.01. The molecule has 5 nitrogen and oxygen atoms in total. The Bertz CT molecular complexity index is 586. The smallest absolute Gasteiger partial charge is 0.276 e. The predicted molar refractivity (Wildman–Crippen MR) is 76.2 cm³/mol. The molecule has 0 bridgehead atoms. The molecule has 0 aliphatic heterocycles. The lowest BCUT2D eigenvalue weighted by Gasteiger charge is -2.17. The molecule has 5 heteroatoms. The molecule has 0 atom stereocenters. The van der Waals surface area contributed by atoms with Crippen LogP contribution in [0.3, 0.4) is 0 Å². The third-order valence-corrected chi connectivity index (χ3v) is 3.10. The molecule has 0 fully saturated rings. The van der Waals surface area contributed by atoms with E-state index >= 15 is 0 Å². The lowest BCUT2D eigenvalue weighted by atomic mass is 10.2. The van der Waals surface area contributed by atoms with E-state index in [1.54, 1.807) is 35.8 Å². The van der Waals surface area contributed by atoms with E-state index in [0.717, 1.165) is 17.8 Å². The largest absolute Gasteiger partial charge is 0.399 e.